The van der Waals surface area contributed by atoms with Gasteiger partial charge in [0.2, 0.25) is 5.89 Å². The number of aromatic nitrogens is 1. The van der Waals surface area contributed by atoms with Crippen LogP contribution < -0.4 is 9.47 Å². The van der Waals surface area contributed by atoms with Gasteiger partial charge in [0.1, 0.15) is 17.8 Å². The second kappa shape index (κ2) is 8.05. The van der Waals surface area contributed by atoms with E-state index in [0.717, 1.165) is 31.7 Å². The fourth-order valence-corrected chi connectivity index (χ4v) is 3.12. The van der Waals surface area contributed by atoms with Crippen molar-refractivity contribution in [3.63, 3.8) is 0 Å². The molecule has 0 spiro atoms. The Morgan fingerprint density at radius 2 is 2.08 bits per heavy atom. The first kappa shape index (κ1) is 17.3. The van der Waals surface area contributed by atoms with Crippen molar-refractivity contribution in [1.29, 1.82) is 0 Å². The van der Waals surface area contributed by atoms with Crippen LogP contribution in [0.2, 0.25) is 0 Å². The van der Waals surface area contributed by atoms with Crippen molar-refractivity contribution in [3.05, 3.63) is 42.1 Å². The van der Waals surface area contributed by atoms with Gasteiger partial charge in [0.05, 0.1) is 7.11 Å². The van der Waals surface area contributed by atoms with Crippen LogP contribution in [-0.2, 0) is 6.61 Å². The zero-order chi connectivity index (χ0) is 17.6. The number of hydrogen-bond acceptors (Lipinski definition) is 5. The summed E-state index contributed by atoms with van der Waals surface area (Å²) in [4.78, 5) is 18.6. The number of methoxy groups -OCH3 is 1. The van der Waals surface area contributed by atoms with Crippen LogP contribution >= 0.6 is 0 Å². The third kappa shape index (κ3) is 4.32. The summed E-state index contributed by atoms with van der Waals surface area (Å²) in [5.74, 6) is 2.40. The molecule has 1 aliphatic rings. The van der Waals surface area contributed by atoms with Crippen molar-refractivity contribution >= 4 is 5.91 Å². The van der Waals surface area contributed by atoms with E-state index in [1.807, 2.05) is 29.2 Å². The molecule has 1 fully saturated rings. The van der Waals surface area contributed by atoms with Gasteiger partial charge in [-0.2, -0.15) is 0 Å². The van der Waals surface area contributed by atoms with Crippen LogP contribution in [0.5, 0.6) is 11.5 Å². The fourth-order valence-electron chi connectivity index (χ4n) is 3.12. The maximum absolute atomic E-state index is 12.5. The molecule has 1 aromatic heterocycles. The Morgan fingerprint density at radius 1 is 1.32 bits per heavy atom. The third-order valence-corrected chi connectivity index (χ3v) is 4.46. The molecular weight excluding hydrogens is 320 g/mol. The molecule has 25 heavy (non-hydrogen) atoms. The minimum absolute atomic E-state index is 0.0574. The first-order chi connectivity index (χ1) is 12.2. The normalized spacial score (nSPS) is 16.9. The van der Waals surface area contributed by atoms with Gasteiger partial charge in [-0.05, 0) is 43.0 Å². The van der Waals surface area contributed by atoms with Crippen LogP contribution in [0.3, 0.4) is 0 Å². The maximum atomic E-state index is 12.5. The monoisotopic (exact) mass is 344 g/mol. The molecule has 0 bridgehead atoms. The second-order valence-electron chi connectivity index (χ2n) is 6.29. The van der Waals surface area contributed by atoms with E-state index in [-0.39, 0.29) is 12.5 Å². The number of nitrogens with zero attached hydrogens (tertiary/aromatic N) is 2. The molecule has 2 heterocycles. The van der Waals surface area contributed by atoms with E-state index in [0.29, 0.717) is 23.3 Å². The first-order valence-corrected chi connectivity index (χ1v) is 8.70. The predicted octanol–water partition coefficient (Wildman–Crippen LogP) is 3.52. The highest BCUT2D eigenvalue weighted by atomic mass is 16.5. The van der Waals surface area contributed by atoms with Crippen LogP contribution in [0, 0.1) is 5.92 Å². The molecule has 6 heteroatoms. The molecule has 1 aliphatic heterocycles. The predicted molar refractivity (Wildman–Crippen MR) is 92.7 cm³/mol. The lowest BCUT2D eigenvalue weighted by Gasteiger charge is -2.14. The molecule has 0 N–H and O–H groups in total. The molecule has 1 amide bonds. The molecule has 6 nitrogen and oxygen atoms in total. The van der Waals surface area contributed by atoms with Crippen molar-refractivity contribution in [1.82, 2.24) is 9.88 Å². The van der Waals surface area contributed by atoms with Gasteiger partial charge in [0.25, 0.3) is 5.91 Å². The van der Waals surface area contributed by atoms with E-state index in [9.17, 15) is 4.79 Å². The van der Waals surface area contributed by atoms with Gasteiger partial charge in [0.15, 0.2) is 12.3 Å². The molecular formula is C19H24N2O4. The lowest BCUT2D eigenvalue weighted by Crippen LogP contribution is -2.29. The lowest BCUT2D eigenvalue weighted by atomic mass is 10.0. The zero-order valence-corrected chi connectivity index (χ0v) is 14.7. The summed E-state index contributed by atoms with van der Waals surface area (Å²) in [5, 5.41) is 0. The van der Waals surface area contributed by atoms with E-state index >= 15 is 0 Å². The Labute approximate surface area is 147 Å². The molecule has 134 valence electrons. The summed E-state index contributed by atoms with van der Waals surface area (Å²) >= 11 is 0. The number of amides is 1. The van der Waals surface area contributed by atoms with Crippen LogP contribution in [-0.4, -0.2) is 36.0 Å². The highest BCUT2D eigenvalue weighted by molar-refractivity contribution is 5.92. The smallest absolute Gasteiger partial charge is 0.275 e. The number of rotatable bonds is 7. The van der Waals surface area contributed by atoms with Crippen molar-refractivity contribution < 1.29 is 18.7 Å². The molecule has 1 aromatic carbocycles. The van der Waals surface area contributed by atoms with Gasteiger partial charge in [-0.15, -0.1) is 0 Å². The third-order valence-electron chi connectivity index (χ3n) is 4.46. The van der Waals surface area contributed by atoms with E-state index in [1.165, 1.54) is 12.7 Å². The van der Waals surface area contributed by atoms with Crippen molar-refractivity contribution in [3.8, 4) is 11.5 Å². The van der Waals surface area contributed by atoms with E-state index in [1.54, 1.807) is 7.11 Å². The Kier molecular flexibility index (Phi) is 5.58. The number of benzene rings is 1. The van der Waals surface area contributed by atoms with Crippen LogP contribution in [0.15, 0.2) is 34.9 Å². The Morgan fingerprint density at radius 3 is 2.80 bits per heavy atom. The largest absolute Gasteiger partial charge is 0.497 e. The number of carbonyl (C=O) groups excluding carboxylic acids is 1. The molecule has 3 rings (SSSR count). The topological polar surface area (TPSA) is 64.8 Å². The van der Waals surface area contributed by atoms with Gasteiger partial charge in [0, 0.05) is 13.1 Å². The summed E-state index contributed by atoms with van der Waals surface area (Å²) in [5.41, 5.74) is 0.352. The Hall–Kier alpha value is -2.50. The van der Waals surface area contributed by atoms with Gasteiger partial charge in [-0.3, -0.25) is 4.79 Å². The zero-order valence-electron chi connectivity index (χ0n) is 14.7. The van der Waals surface area contributed by atoms with Crippen molar-refractivity contribution in [2.24, 2.45) is 5.92 Å². The first-order valence-electron chi connectivity index (χ1n) is 8.70. The fraction of sp³-hybridized carbons (Fsp3) is 0.474. The van der Waals surface area contributed by atoms with E-state index in [2.05, 4.69) is 11.9 Å². The average Bonchev–Trinajstić information content (AvgIpc) is 3.30. The lowest BCUT2D eigenvalue weighted by molar-refractivity contribution is 0.0780. The molecule has 0 unspecified atom stereocenters. The summed E-state index contributed by atoms with van der Waals surface area (Å²) < 4.78 is 16.1. The number of hydrogen-bond donors (Lipinski definition) is 0. The number of carbonyl (C=O) groups is 1. The number of ether oxygens (including phenoxy) is 2. The Bertz CT molecular complexity index is 696. The highest BCUT2D eigenvalue weighted by Gasteiger charge is 2.28. The standard InChI is InChI=1S/C19H24N2O4/c1-3-4-14-9-10-21(11-14)19(22)17-12-25-18(20-17)13-24-16-7-5-15(23-2)6-8-16/h5-8,12,14H,3-4,9-11,13H2,1-2H3/t14-/m0/s1. The van der Waals surface area contributed by atoms with Gasteiger partial charge in [-0.25, -0.2) is 4.98 Å². The molecule has 0 saturated carbocycles. The summed E-state index contributed by atoms with van der Waals surface area (Å²) in [7, 11) is 1.62. The quantitative estimate of drug-likeness (QED) is 0.769. The van der Waals surface area contributed by atoms with E-state index in [4.69, 9.17) is 13.9 Å². The average molecular weight is 344 g/mol. The van der Waals surface area contributed by atoms with Crippen molar-refractivity contribution in [2.45, 2.75) is 32.8 Å². The summed E-state index contributed by atoms with van der Waals surface area (Å²) in [6.45, 7) is 3.97. The summed E-state index contributed by atoms with van der Waals surface area (Å²) in [6.07, 6.45) is 4.82. The van der Waals surface area contributed by atoms with E-state index < -0.39 is 0 Å². The SMILES string of the molecule is CCC[C@H]1CCN(C(=O)c2coc(COc3ccc(OC)cc3)n2)C1. The highest BCUT2D eigenvalue weighted by Crippen LogP contribution is 2.23. The Balaban J connectivity index is 1.54. The maximum Gasteiger partial charge on any atom is 0.275 e. The minimum atomic E-state index is -0.0574. The van der Waals surface area contributed by atoms with Gasteiger partial charge < -0.3 is 18.8 Å². The molecule has 1 atom stereocenters. The number of oxazole rings is 1. The van der Waals surface area contributed by atoms with Crippen LogP contribution in [0.4, 0.5) is 0 Å². The van der Waals surface area contributed by atoms with Crippen LogP contribution in [0.1, 0.15) is 42.6 Å². The molecule has 2 aromatic rings. The molecule has 0 radical (unpaired) electrons. The number of likely N-dealkylation sites (tertiary alicyclic amines) is 1. The second-order valence-corrected chi connectivity index (χ2v) is 6.29. The van der Waals surface area contributed by atoms with Gasteiger partial charge in [-0.1, -0.05) is 13.3 Å². The summed E-state index contributed by atoms with van der Waals surface area (Å²) in [6, 6.07) is 7.26. The minimum Gasteiger partial charge on any atom is -0.497 e. The molecule has 0 aliphatic carbocycles. The van der Waals surface area contributed by atoms with Crippen molar-refractivity contribution in [2.75, 3.05) is 20.2 Å². The molecule has 1 saturated heterocycles. The van der Waals surface area contributed by atoms with Gasteiger partial charge >= 0.3 is 0 Å². The van der Waals surface area contributed by atoms with Crippen LogP contribution in [0.25, 0.3) is 0 Å².